The van der Waals surface area contributed by atoms with Gasteiger partial charge in [0.15, 0.2) is 11.7 Å². The molecule has 61 heavy (non-hydrogen) atoms. The van der Waals surface area contributed by atoms with Gasteiger partial charge in [0.05, 0.1) is 18.7 Å². The van der Waals surface area contributed by atoms with Crippen LogP contribution in [0.3, 0.4) is 0 Å². The van der Waals surface area contributed by atoms with Gasteiger partial charge in [-0.2, -0.15) is 0 Å². The first-order valence-electron chi connectivity index (χ1n) is 21.6. The molecule has 0 spiro atoms. The molecule has 1 unspecified atom stereocenters. The molecule has 17 heteroatoms. The highest BCUT2D eigenvalue weighted by Gasteiger charge is 2.37. The summed E-state index contributed by atoms with van der Waals surface area (Å²) >= 11 is 0. The Balaban J connectivity index is 0.940. The zero-order valence-electron chi connectivity index (χ0n) is 35.6. The van der Waals surface area contributed by atoms with Gasteiger partial charge in [0.2, 0.25) is 6.29 Å². The fourth-order valence-corrected chi connectivity index (χ4v) is 9.48. The molecular formula is C44H58N6O11. The highest BCUT2D eigenvalue weighted by molar-refractivity contribution is 5.91. The van der Waals surface area contributed by atoms with Crippen LogP contribution in [0.4, 0.5) is 20.1 Å². The van der Waals surface area contributed by atoms with E-state index in [1.54, 1.807) is 29.8 Å². The van der Waals surface area contributed by atoms with Crippen molar-refractivity contribution < 1.29 is 47.3 Å². The van der Waals surface area contributed by atoms with E-state index in [0.717, 1.165) is 62.0 Å². The van der Waals surface area contributed by atoms with Gasteiger partial charge in [-0.05, 0) is 113 Å². The van der Waals surface area contributed by atoms with Crippen molar-refractivity contribution in [2.24, 2.45) is 18.9 Å². The molecule has 0 radical (unpaired) electrons. The Morgan fingerprint density at radius 2 is 1.52 bits per heavy atom. The molecule has 4 amide bonds. The molecule has 330 valence electrons. The number of hydrogen-bond acceptors (Lipinski definition) is 12. The number of aromatic nitrogens is 1. The Hall–Kier alpha value is -5.58. The van der Waals surface area contributed by atoms with Crippen molar-refractivity contribution in [1.82, 2.24) is 24.2 Å². The summed E-state index contributed by atoms with van der Waals surface area (Å²) in [6, 6.07) is 11.3. The number of ether oxygens (including phenoxy) is 4. The number of anilines is 1. The minimum absolute atomic E-state index is 0.0379. The summed E-state index contributed by atoms with van der Waals surface area (Å²) in [6.07, 6.45) is 1.86. The average molecular weight is 847 g/mol. The Kier molecular flexibility index (Phi) is 13.9. The highest BCUT2D eigenvalue weighted by Crippen LogP contribution is 2.33. The summed E-state index contributed by atoms with van der Waals surface area (Å²) < 4.78 is 27.9. The standard InChI is InChI=1S/C44H58N6O11/c1-5-57-44(56)59-29(3)58-38(51)27-47-17-10-31(11-18-47)32-12-19-48(20-13-32)40(52)37(26-30-24-28(2)39-36(25-30)60-42(54)46(39)4)61-43(55)49-21-15-34(16-22-49)50-23-14-33-8-6-7-9-35(33)45-41(50)53/h6-9,24-25,29,31-32,34,37H,5,10-23,26-27H2,1-4H3,(H,45,53)/t29?,37-/m1/s1. The number of urea groups is 1. The molecule has 3 aromatic rings. The largest absolute Gasteiger partial charge is 0.511 e. The normalized spacial score (nSPS) is 19.4. The van der Waals surface area contributed by atoms with Gasteiger partial charge in [0, 0.05) is 64.8 Å². The van der Waals surface area contributed by atoms with Gasteiger partial charge in [-0.15, -0.1) is 0 Å². The van der Waals surface area contributed by atoms with Gasteiger partial charge in [-0.3, -0.25) is 19.1 Å². The topological polar surface area (TPSA) is 182 Å². The number of rotatable bonds is 11. The van der Waals surface area contributed by atoms with Gasteiger partial charge in [0.1, 0.15) is 0 Å². The lowest BCUT2D eigenvalue weighted by Gasteiger charge is -2.41. The molecule has 4 aliphatic rings. The predicted octanol–water partition coefficient (Wildman–Crippen LogP) is 5.06. The number of nitrogens with zero attached hydrogens (tertiary/aromatic N) is 5. The maximum Gasteiger partial charge on any atom is 0.511 e. The molecule has 2 aromatic carbocycles. The maximum absolute atomic E-state index is 14.4. The molecule has 1 N–H and O–H groups in total. The number of carbonyl (C=O) groups excluding carboxylic acids is 5. The minimum Gasteiger partial charge on any atom is -0.436 e. The van der Waals surface area contributed by atoms with E-state index < -0.39 is 36.4 Å². The number of hydrogen-bond donors (Lipinski definition) is 1. The van der Waals surface area contributed by atoms with Gasteiger partial charge < -0.3 is 43.4 Å². The van der Waals surface area contributed by atoms with Crippen LogP contribution in [0.15, 0.2) is 45.6 Å². The lowest BCUT2D eigenvalue weighted by molar-refractivity contribution is -0.169. The van der Waals surface area contributed by atoms with Gasteiger partial charge >= 0.3 is 30.0 Å². The molecule has 5 heterocycles. The number of oxazole rings is 1. The maximum atomic E-state index is 14.4. The number of esters is 1. The number of fused-ring (bicyclic) bond motifs is 2. The Morgan fingerprint density at radius 1 is 0.852 bits per heavy atom. The first kappa shape index (κ1) is 43.5. The number of likely N-dealkylation sites (tertiary alicyclic amines) is 3. The van der Waals surface area contributed by atoms with Crippen LogP contribution in [0, 0.1) is 18.8 Å². The zero-order chi connectivity index (χ0) is 43.2. The van der Waals surface area contributed by atoms with Crippen LogP contribution in [0.5, 0.6) is 0 Å². The first-order chi connectivity index (χ1) is 29.4. The van der Waals surface area contributed by atoms with Crippen LogP contribution in [0.2, 0.25) is 0 Å². The van der Waals surface area contributed by atoms with Crippen LogP contribution < -0.4 is 11.1 Å². The number of para-hydroxylation sites is 1. The molecule has 0 bridgehead atoms. The molecule has 1 aromatic heterocycles. The lowest BCUT2D eigenvalue weighted by Crippen LogP contribution is -2.52. The van der Waals surface area contributed by atoms with Crippen LogP contribution in [0.1, 0.15) is 69.1 Å². The van der Waals surface area contributed by atoms with Crippen LogP contribution >= 0.6 is 0 Å². The summed E-state index contributed by atoms with van der Waals surface area (Å²) in [5.41, 5.74) is 4.52. The van der Waals surface area contributed by atoms with Gasteiger partial charge in [-0.25, -0.2) is 19.2 Å². The molecule has 4 aliphatic heterocycles. The quantitative estimate of drug-likeness (QED) is 0.154. The van der Waals surface area contributed by atoms with Gasteiger partial charge in [0.25, 0.3) is 5.91 Å². The fraction of sp³-hybridized carbons (Fsp3) is 0.591. The van der Waals surface area contributed by atoms with Crippen molar-refractivity contribution in [2.75, 3.05) is 64.3 Å². The minimum atomic E-state index is -1.10. The fourth-order valence-electron chi connectivity index (χ4n) is 9.48. The molecular weight excluding hydrogens is 789 g/mol. The number of aryl methyl sites for hydroxylation is 2. The number of amides is 4. The summed E-state index contributed by atoms with van der Waals surface area (Å²) in [6.45, 7) is 9.14. The third-order valence-corrected chi connectivity index (χ3v) is 12.7. The zero-order valence-corrected chi connectivity index (χ0v) is 35.6. The van der Waals surface area contributed by atoms with E-state index >= 15 is 0 Å². The third-order valence-electron chi connectivity index (χ3n) is 12.7. The summed E-state index contributed by atoms with van der Waals surface area (Å²) in [5, 5.41) is 3.04. The number of nitrogens with one attached hydrogen (secondary N) is 1. The van der Waals surface area contributed by atoms with E-state index in [9.17, 15) is 28.8 Å². The predicted molar refractivity (Wildman–Crippen MR) is 223 cm³/mol. The number of piperidine rings is 3. The summed E-state index contributed by atoms with van der Waals surface area (Å²) in [4.78, 5) is 85.1. The second kappa shape index (κ2) is 19.4. The lowest BCUT2D eigenvalue weighted by atomic mass is 9.78. The Bertz CT molecular complexity index is 2130. The number of benzene rings is 2. The molecule has 0 aliphatic carbocycles. The van der Waals surface area contributed by atoms with Crippen molar-refractivity contribution in [2.45, 2.75) is 90.6 Å². The van der Waals surface area contributed by atoms with Crippen molar-refractivity contribution in [3.8, 4) is 0 Å². The van der Waals surface area contributed by atoms with E-state index in [4.69, 9.17) is 23.4 Å². The summed E-state index contributed by atoms with van der Waals surface area (Å²) in [5.74, 6) is -0.366. The van der Waals surface area contributed by atoms with Crippen LogP contribution in [-0.2, 0) is 48.4 Å². The van der Waals surface area contributed by atoms with E-state index in [1.807, 2.05) is 47.1 Å². The van der Waals surface area contributed by atoms with E-state index in [2.05, 4.69) is 5.32 Å². The summed E-state index contributed by atoms with van der Waals surface area (Å²) in [7, 11) is 1.65. The van der Waals surface area contributed by atoms with Crippen molar-refractivity contribution in [3.05, 3.63) is 63.6 Å². The second-order valence-corrected chi connectivity index (χ2v) is 16.6. The van der Waals surface area contributed by atoms with Gasteiger partial charge in [-0.1, -0.05) is 24.3 Å². The van der Waals surface area contributed by atoms with Crippen LogP contribution in [-0.4, -0.2) is 132 Å². The van der Waals surface area contributed by atoms with Crippen LogP contribution in [0.25, 0.3) is 11.1 Å². The molecule has 2 atom stereocenters. The molecule has 7 rings (SSSR count). The van der Waals surface area contributed by atoms with Crippen molar-refractivity contribution >= 4 is 46.9 Å². The highest BCUT2D eigenvalue weighted by atomic mass is 16.8. The Labute approximate surface area is 355 Å². The second-order valence-electron chi connectivity index (χ2n) is 16.6. The van der Waals surface area contributed by atoms with E-state index in [1.165, 1.54) is 11.5 Å². The molecule has 3 saturated heterocycles. The Morgan fingerprint density at radius 3 is 2.23 bits per heavy atom. The SMILES string of the molecule is CCOC(=O)OC(C)OC(=O)CN1CCC(C2CCN(C(=O)[C@@H](Cc3cc(C)c4c(c3)oc(=O)n4C)OC(=O)N3CCC(N4CCc5ccccc5NC4=O)CC3)CC2)CC1. The van der Waals surface area contributed by atoms with E-state index in [0.29, 0.717) is 74.1 Å². The first-order valence-corrected chi connectivity index (χ1v) is 21.6. The molecule has 17 nitrogen and oxygen atoms in total. The molecule has 3 fully saturated rings. The van der Waals surface area contributed by atoms with Crippen molar-refractivity contribution in [1.29, 1.82) is 0 Å². The number of carbonyl (C=O) groups is 5. The van der Waals surface area contributed by atoms with E-state index in [-0.39, 0.29) is 37.6 Å². The monoisotopic (exact) mass is 846 g/mol. The molecule has 0 saturated carbocycles. The average Bonchev–Trinajstić information content (AvgIpc) is 3.42. The third kappa shape index (κ3) is 10.5. The smallest absolute Gasteiger partial charge is 0.436 e. The van der Waals surface area contributed by atoms with Crippen molar-refractivity contribution in [3.63, 3.8) is 0 Å².